The van der Waals surface area contributed by atoms with Crippen LogP contribution < -0.4 is 5.32 Å². The molecule has 0 unspecified atom stereocenters. The van der Waals surface area contributed by atoms with Gasteiger partial charge in [-0.2, -0.15) is 0 Å². The maximum absolute atomic E-state index is 10.9. The summed E-state index contributed by atoms with van der Waals surface area (Å²) in [6, 6.07) is 2.97. The molecule has 0 aliphatic rings. The summed E-state index contributed by atoms with van der Waals surface area (Å²) in [5.74, 6) is -0.755. The maximum Gasteiger partial charge on any atom is 0.303 e. The Labute approximate surface area is 131 Å². The van der Waals surface area contributed by atoms with Gasteiger partial charge in [-0.25, -0.2) is 4.63 Å². The van der Waals surface area contributed by atoms with Crippen molar-refractivity contribution in [2.45, 2.75) is 38.5 Å². The molecule has 2 N–H and O–H groups in total. The number of fused-ring (bicyclic) bond motifs is 1. The van der Waals surface area contributed by atoms with Crippen molar-refractivity contribution in [2.24, 2.45) is 0 Å². The fraction of sp³-hybridized carbons (Fsp3) is 0.500. The SMILES string of the molecule is O=C(O)CCCCCCCNc1ccc([N+](=O)[O-])c2nonc12. The van der Waals surface area contributed by atoms with Crippen LogP contribution in [0.1, 0.15) is 38.5 Å². The average molecular weight is 322 g/mol. The number of nitro groups is 1. The van der Waals surface area contributed by atoms with Gasteiger partial charge in [0.1, 0.15) is 0 Å². The molecule has 1 heterocycles. The first-order valence-corrected chi connectivity index (χ1v) is 7.45. The average Bonchev–Trinajstić information content (AvgIpc) is 2.98. The third kappa shape index (κ3) is 4.63. The molecule has 23 heavy (non-hydrogen) atoms. The normalized spacial score (nSPS) is 10.8. The minimum Gasteiger partial charge on any atom is -0.481 e. The number of unbranched alkanes of at least 4 members (excludes halogenated alkanes) is 4. The number of hydrogen-bond acceptors (Lipinski definition) is 7. The molecule has 0 saturated heterocycles. The monoisotopic (exact) mass is 322 g/mol. The molecule has 2 aromatic rings. The number of carbonyl (C=O) groups is 1. The number of hydrogen-bond donors (Lipinski definition) is 2. The molecule has 0 radical (unpaired) electrons. The first-order valence-electron chi connectivity index (χ1n) is 7.45. The molecule has 124 valence electrons. The first kappa shape index (κ1) is 16.7. The second kappa shape index (κ2) is 8.06. The third-order valence-corrected chi connectivity index (χ3v) is 3.47. The van der Waals surface area contributed by atoms with E-state index in [1.54, 1.807) is 6.07 Å². The highest BCUT2D eigenvalue weighted by Gasteiger charge is 2.19. The van der Waals surface area contributed by atoms with Gasteiger partial charge in [0.15, 0.2) is 5.52 Å². The van der Waals surface area contributed by atoms with E-state index in [1.165, 1.54) is 6.07 Å². The second-order valence-corrected chi connectivity index (χ2v) is 5.19. The van der Waals surface area contributed by atoms with Gasteiger partial charge in [-0.3, -0.25) is 14.9 Å². The van der Waals surface area contributed by atoms with Crippen molar-refractivity contribution >= 4 is 28.4 Å². The van der Waals surface area contributed by atoms with E-state index in [9.17, 15) is 14.9 Å². The zero-order valence-electron chi connectivity index (χ0n) is 12.5. The summed E-state index contributed by atoms with van der Waals surface area (Å²) in [5.41, 5.74) is 0.997. The number of nitrogens with one attached hydrogen (secondary N) is 1. The number of nitrogens with zero attached hydrogens (tertiary/aromatic N) is 3. The van der Waals surface area contributed by atoms with Crippen molar-refractivity contribution in [2.75, 3.05) is 11.9 Å². The Morgan fingerprint density at radius 1 is 1.17 bits per heavy atom. The Morgan fingerprint density at radius 2 is 1.87 bits per heavy atom. The van der Waals surface area contributed by atoms with Gasteiger partial charge in [0.2, 0.25) is 5.52 Å². The smallest absolute Gasteiger partial charge is 0.303 e. The van der Waals surface area contributed by atoms with Crippen LogP contribution in [-0.4, -0.2) is 32.9 Å². The van der Waals surface area contributed by atoms with Crippen molar-refractivity contribution in [1.82, 2.24) is 10.3 Å². The lowest BCUT2D eigenvalue weighted by Crippen LogP contribution is -2.02. The molecule has 9 nitrogen and oxygen atoms in total. The Balaban J connectivity index is 1.77. The van der Waals surface area contributed by atoms with Crippen molar-refractivity contribution in [3.05, 3.63) is 22.2 Å². The van der Waals surface area contributed by atoms with E-state index in [1.807, 2.05) is 0 Å². The number of anilines is 1. The second-order valence-electron chi connectivity index (χ2n) is 5.19. The van der Waals surface area contributed by atoms with Crippen molar-refractivity contribution in [1.29, 1.82) is 0 Å². The van der Waals surface area contributed by atoms with Crippen molar-refractivity contribution in [3.8, 4) is 0 Å². The zero-order chi connectivity index (χ0) is 16.7. The van der Waals surface area contributed by atoms with Gasteiger partial charge in [-0.05, 0) is 29.2 Å². The molecule has 0 amide bonds. The summed E-state index contributed by atoms with van der Waals surface area (Å²) in [5, 5.41) is 29.9. The summed E-state index contributed by atoms with van der Waals surface area (Å²) in [7, 11) is 0. The quantitative estimate of drug-likeness (QED) is 0.387. The molecule has 0 spiro atoms. The summed E-state index contributed by atoms with van der Waals surface area (Å²) in [4.78, 5) is 20.7. The largest absolute Gasteiger partial charge is 0.481 e. The Morgan fingerprint density at radius 3 is 2.61 bits per heavy atom. The molecule has 0 saturated carbocycles. The molecular formula is C14H18N4O5. The van der Waals surface area contributed by atoms with Crippen LogP contribution in [0.25, 0.3) is 11.0 Å². The van der Waals surface area contributed by atoms with Gasteiger partial charge in [0, 0.05) is 19.0 Å². The molecule has 1 aromatic heterocycles. The van der Waals surface area contributed by atoms with Crippen LogP contribution in [0.4, 0.5) is 11.4 Å². The van der Waals surface area contributed by atoms with Crippen LogP contribution >= 0.6 is 0 Å². The number of aliphatic carboxylic acids is 1. The lowest BCUT2D eigenvalue weighted by atomic mass is 10.1. The van der Waals surface area contributed by atoms with E-state index in [0.717, 1.165) is 25.7 Å². The fourth-order valence-corrected chi connectivity index (χ4v) is 2.30. The minimum atomic E-state index is -0.755. The van der Waals surface area contributed by atoms with E-state index >= 15 is 0 Å². The highest BCUT2D eigenvalue weighted by molar-refractivity contribution is 5.93. The molecule has 9 heteroatoms. The van der Waals surface area contributed by atoms with Crippen molar-refractivity contribution < 1.29 is 19.5 Å². The number of carboxylic acids is 1. The number of aromatic nitrogens is 2. The van der Waals surface area contributed by atoms with Crippen LogP contribution in [0.5, 0.6) is 0 Å². The van der Waals surface area contributed by atoms with Crippen LogP contribution in [-0.2, 0) is 4.79 Å². The summed E-state index contributed by atoms with van der Waals surface area (Å²) < 4.78 is 4.60. The van der Waals surface area contributed by atoms with Gasteiger partial charge in [0.25, 0.3) is 0 Å². The molecule has 0 aliphatic carbocycles. The topological polar surface area (TPSA) is 131 Å². The van der Waals surface area contributed by atoms with Gasteiger partial charge in [-0.1, -0.05) is 19.3 Å². The molecular weight excluding hydrogens is 304 g/mol. The van der Waals surface area contributed by atoms with E-state index in [2.05, 4.69) is 20.3 Å². The first-order chi connectivity index (χ1) is 11.1. The summed E-state index contributed by atoms with van der Waals surface area (Å²) >= 11 is 0. The van der Waals surface area contributed by atoms with Crippen LogP contribution in [0.3, 0.4) is 0 Å². The Bertz CT molecular complexity index is 685. The van der Waals surface area contributed by atoms with Gasteiger partial charge >= 0.3 is 11.7 Å². The van der Waals surface area contributed by atoms with E-state index in [-0.39, 0.29) is 17.6 Å². The predicted octanol–water partition coefficient (Wildman–Crippen LogP) is 2.97. The standard InChI is InChI=1S/C14H18N4O5/c19-12(20)6-4-2-1-3-5-9-15-10-7-8-11(18(21)22)14-13(10)16-23-17-14/h7-8,15H,1-6,9H2,(H,19,20). The van der Waals surface area contributed by atoms with E-state index in [4.69, 9.17) is 5.11 Å². The lowest BCUT2D eigenvalue weighted by Gasteiger charge is -2.06. The highest BCUT2D eigenvalue weighted by atomic mass is 16.6. The Hall–Kier alpha value is -2.71. The molecule has 2 rings (SSSR count). The lowest BCUT2D eigenvalue weighted by molar-refractivity contribution is -0.383. The summed E-state index contributed by atoms with van der Waals surface area (Å²) in [6.45, 7) is 0.693. The maximum atomic E-state index is 10.9. The molecule has 0 bridgehead atoms. The van der Waals surface area contributed by atoms with E-state index < -0.39 is 10.9 Å². The van der Waals surface area contributed by atoms with E-state index in [0.29, 0.717) is 24.2 Å². The molecule has 0 atom stereocenters. The fourth-order valence-electron chi connectivity index (χ4n) is 2.30. The van der Waals surface area contributed by atoms with Gasteiger partial charge < -0.3 is 10.4 Å². The third-order valence-electron chi connectivity index (χ3n) is 3.47. The molecule has 1 aromatic carbocycles. The van der Waals surface area contributed by atoms with Gasteiger partial charge in [-0.15, -0.1) is 0 Å². The number of carboxylic acid groups (broad SMARTS) is 1. The van der Waals surface area contributed by atoms with Gasteiger partial charge in [0.05, 0.1) is 10.6 Å². The molecule has 0 fully saturated rings. The number of benzene rings is 1. The minimum absolute atomic E-state index is 0.133. The van der Waals surface area contributed by atoms with Crippen LogP contribution in [0, 0.1) is 10.1 Å². The zero-order valence-corrected chi connectivity index (χ0v) is 12.5. The number of non-ortho nitro benzene ring substituents is 1. The number of rotatable bonds is 10. The number of nitro benzene ring substituents is 1. The Kier molecular flexibility index (Phi) is 5.84. The van der Waals surface area contributed by atoms with Crippen LogP contribution in [0.15, 0.2) is 16.8 Å². The predicted molar refractivity (Wildman–Crippen MR) is 82.3 cm³/mol. The van der Waals surface area contributed by atoms with Crippen molar-refractivity contribution in [3.63, 3.8) is 0 Å². The molecule has 0 aliphatic heterocycles. The summed E-state index contributed by atoms with van der Waals surface area (Å²) in [6.07, 6.45) is 4.71. The van der Waals surface area contributed by atoms with Crippen LogP contribution in [0.2, 0.25) is 0 Å². The highest BCUT2D eigenvalue weighted by Crippen LogP contribution is 2.28.